The van der Waals surface area contributed by atoms with Gasteiger partial charge in [-0.1, -0.05) is 30.3 Å². The van der Waals surface area contributed by atoms with Crippen LogP contribution >= 0.6 is 0 Å². The highest BCUT2D eigenvalue weighted by atomic mass is 32.2. The summed E-state index contributed by atoms with van der Waals surface area (Å²) >= 11 is 0. The molecule has 27 heavy (non-hydrogen) atoms. The third-order valence-electron chi connectivity index (χ3n) is 5.14. The molecule has 2 heterocycles. The second kappa shape index (κ2) is 7.88. The van der Waals surface area contributed by atoms with Crippen LogP contribution in [0.3, 0.4) is 0 Å². The average molecular weight is 389 g/mol. The summed E-state index contributed by atoms with van der Waals surface area (Å²) in [6.07, 6.45) is 1.68. The van der Waals surface area contributed by atoms with Gasteiger partial charge in [-0.15, -0.1) is 0 Å². The minimum Gasteiger partial charge on any atom is -0.486 e. The number of benzene rings is 2. The van der Waals surface area contributed by atoms with E-state index in [0.29, 0.717) is 24.7 Å². The molecular formula is C20H25N2O4S+. The Morgan fingerprint density at radius 2 is 1.67 bits per heavy atom. The van der Waals surface area contributed by atoms with E-state index in [2.05, 4.69) is 29.0 Å². The second-order valence-corrected chi connectivity index (χ2v) is 8.83. The van der Waals surface area contributed by atoms with Gasteiger partial charge in [0, 0.05) is 30.5 Å². The maximum absolute atomic E-state index is 12.7. The normalized spacial score (nSPS) is 22.4. The Morgan fingerprint density at radius 1 is 0.963 bits per heavy atom. The molecule has 2 aliphatic rings. The molecule has 0 aromatic heterocycles. The fourth-order valence-electron chi connectivity index (χ4n) is 3.68. The van der Waals surface area contributed by atoms with Crippen LogP contribution in [-0.4, -0.2) is 40.8 Å². The molecular weight excluding hydrogens is 364 g/mol. The highest BCUT2D eigenvalue weighted by Gasteiger charge is 2.27. The molecule has 0 saturated carbocycles. The van der Waals surface area contributed by atoms with Crippen LogP contribution < -0.4 is 19.1 Å². The number of ether oxygens (including phenoxy) is 2. The lowest BCUT2D eigenvalue weighted by Gasteiger charge is -2.29. The number of piperidine rings is 1. The van der Waals surface area contributed by atoms with E-state index in [-0.39, 0.29) is 10.9 Å². The SMILES string of the molecule is O=S(=O)(NC1CC[NH+](Cc2ccccc2)CC1)c1ccc2c(c1)OCCO2. The summed E-state index contributed by atoms with van der Waals surface area (Å²) in [5, 5.41) is 0. The summed E-state index contributed by atoms with van der Waals surface area (Å²) in [5.74, 6) is 1.09. The van der Waals surface area contributed by atoms with E-state index in [1.807, 2.05) is 6.07 Å². The van der Waals surface area contributed by atoms with Gasteiger partial charge in [-0.25, -0.2) is 13.1 Å². The number of hydrogen-bond donors (Lipinski definition) is 2. The lowest BCUT2D eigenvalue weighted by molar-refractivity contribution is -0.918. The number of hydrogen-bond acceptors (Lipinski definition) is 4. The molecule has 0 radical (unpaired) electrons. The number of nitrogens with one attached hydrogen (secondary N) is 2. The maximum Gasteiger partial charge on any atom is 0.240 e. The quantitative estimate of drug-likeness (QED) is 0.800. The number of sulfonamides is 1. The third-order valence-corrected chi connectivity index (χ3v) is 6.65. The van der Waals surface area contributed by atoms with Crippen molar-refractivity contribution in [3.05, 3.63) is 54.1 Å². The van der Waals surface area contributed by atoms with Gasteiger partial charge in [0.2, 0.25) is 10.0 Å². The van der Waals surface area contributed by atoms with Gasteiger partial charge in [-0.2, -0.15) is 0 Å². The van der Waals surface area contributed by atoms with Crippen LogP contribution in [0.15, 0.2) is 53.4 Å². The molecule has 2 aromatic rings. The molecule has 0 unspecified atom stereocenters. The molecule has 0 aliphatic carbocycles. The molecule has 144 valence electrons. The molecule has 0 amide bonds. The smallest absolute Gasteiger partial charge is 0.240 e. The predicted molar refractivity (Wildman–Crippen MR) is 102 cm³/mol. The van der Waals surface area contributed by atoms with Crippen molar-refractivity contribution >= 4 is 10.0 Å². The van der Waals surface area contributed by atoms with Gasteiger partial charge in [-0.3, -0.25) is 0 Å². The van der Waals surface area contributed by atoms with Crippen LogP contribution in [0.4, 0.5) is 0 Å². The lowest BCUT2D eigenvalue weighted by atomic mass is 10.1. The Labute approximate surface area is 160 Å². The van der Waals surface area contributed by atoms with Crippen molar-refractivity contribution in [3.63, 3.8) is 0 Å². The molecule has 4 rings (SSSR count). The van der Waals surface area contributed by atoms with Crippen molar-refractivity contribution < 1.29 is 22.8 Å². The number of quaternary nitrogens is 1. The second-order valence-electron chi connectivity index (χ2n) is 7.11. The van der Waals surface area contributed by atoms with E-state index in [4.69, 9.17) is 9.47 Å². The Kier molecular flexibility index (Phi) is 5.33. The highest BCUT2D eigenvalue weighted by molar-refractivity contribution is 7.89. The van der Waals surface area contributed by atoms with E-state index in [1.165, 1.54) is 10.5 Å². The lowest BCUT2D eigenvalue weighted by Crippen LogP contribution is -3.12. The largest absolute Gasteiger partial charge is 0.486 e. The first-order chi connectivity index (χ1) is 13.1. The van der Waals surface area contributed by atoms with Crippen LogP contribution in [0, 0.1) is 0 Å². The fourth-order valence-corrected chi connectivity index (χ4v) is 5.00. The topological polar surface area (TPSA) is 69.1 Å². The maximum atomic E-state index is 12.7. The van der Waals surface area contributed by atoms with E-state index in [9.17, 15) is 8.42 Å². The zero-order chi connectivity index (χ0) is 18.7. The first-order valence-electron chi connectivity index (χ1n) is 9.40. The zero-order valence-electron chi connectivity index (χ0n) is 15.2. The summed E-state index contributed by atoms with van der Waals surface area (Å²) < 4.78 is 39.3. The molecule has 0 spiro atoms. The van der Waals surface area contributed by atoms with Crippen molar-refractivity contribution in [2.75, 3.05) is 26.3 Å². The van der Waals surface area contributed by atoms with Gasteiger partial charge in [0.05, 0.1) is 18.0 Å². The first-order valence-corrected chi connectivity index (χ1v) is 10.9. The van der Waals surface area contributed by atoms with E-state index < -0.39 is 10.0 Å². The van der Waals surface area contributed by atoms with Gasteiger partial charge in [0.1, 0.15) is 19.8 Å². The minimum absolute atomic E-state index is 0.0253. The van der Waals surface area contributed by atoms with Crippen LogP contribution in [-0.2, 0) is 16.6 Å². The van der Waals surface area contributed by atoms with Gasteiger partial charge < -0.3 is 14.4 Å². The van der Waals surface area contributed by atoms with Crippen molar-refractivity contribution in [3.8, 4) is 11.5 Å². The molecule has 7 heteroatoms. The number of rotatable bonds is 5. The monoisotopic (exact) mass is 389 g/mol. The van der Waals surface area contributed by atoms with Gasteiger partial charge in [0.25, 0.3) is 0 Å². The first kappa shape index (κ1) is 18.3. The molecule has 2 N–H and O–H groups in total. The van der Waals surface area contributed by atoms with Gasteiger partial charge in [-0.05, 0) is 12.1 Å². The molecule has 1 fully saturated rings. The van der Waals surface area contributed by atoms with Crippen LogP contribution in [0.1, 0.15) is 18.4 Å². The average Bonchev–Trinajstić information content (AvgIpc) is 2.70. The molecule has 6 nitrogen and oxygen atoms in total. The van der Waals surface area contributed by atoms with E-state index in [1.54, 1.807) is 18.2 Å². The van der Waals surface area contributed by atoms with Crippen LogP contribution in [0.25, 0.3) is 0 Å². The molecule has 0 bridgehead atoms. The summed E-state index contributed by atoms with van der Waals surface area (Å²) in [4.78, 5) is 1.72. The Bertz CT molecular complexity index is 878. The number of fused-ring (bicyclic) bond motifs is 1. The summed E-state index contributed by atoms with van der Waals surface area (Å²) in [6, 6.07) is 15.2. The Hall–Kier alpha value is -2.09. The standard InChI is InChI=1S/C20H24N2O4S/c23-27(24,18-6-7-19-20(14-18)26-13-12-25-19)21-17-8-10-22(11-9-17)15-16-4-2-1-3-5-16/h1-7,14,17,21H,8-13,15H2/p+1. The van der Waals surface area contributed by atoms with Gasteiger partial charge >= 0.3 is 0 Å². The molecule has 2 aliphatic heterocycles. The Morgan fingerprint density at radius 3 is 2.41 bits per heavy atom. The summed E-state index contributed by atoms with van der Waals surface area (Å²) in [6.45, 7) is 3.84. The van der Waals surface area contributed by atoms with Crippen molar-refractivity contribution in [1.29, 1.82) is 0 Å². The van der Waals surface area contributed by atoms with Crippen molar-refractivity contribution in [2.45, 2.75) is 30.3 Å². The zero-order valence-corrected chi connectivity index (χ0v) is 16.0. The van der Waals surface area contributed by atoms with Crippen LogP contribution in [0.2, 0.25) is 0 Å². The molecule has 2 aromatic carbocycles. The summed E-state index contributed by atoms with van der Waals surface area (Å²) in [5.41, 5.74) is 1.32. The van der Waals surface area contributed by atoms with E-state index in [0.717, 1.165) is 32.5 Å². The fraction of sp³-hybridized carbons (Fsp3) is 0.400. The Balaban J connectivity index is 1.35. The van der Waals surface area contributed by atoms with E-state index >= 15 is 0 Å². The van der Waals surface area contributed by atoms with Gasteiger partial charge in [0.15, 0.2) is 11.5 Å². The number of likely N-dealkylation sites (tertiary alicyclic amines) is 1. The van der Waals surface area contributed by atoms with Crippen molar-refractivity contribution in [1.82, 2.24) is 4.72 Å². The molecule has 0 atom stereocenters. The predicted octanol–water partition coefficient (Wildman–Crippen LogP) is 0.984. The van der Waals surface area contributed by atoms with Crippen molar-refractivity contribution in [2.24, 2.45) is 0 Å². The summed E-state index contributed by atoms with van der Waals surface area (Å²) in [7, 11) is -3.56. The highest BCUT2D eigenvalue weighted by Crippen LogP contribution is 2.32. The minimum atomic E-state index is -3.56. The third kappa shape index (κ3) is 4.43. The van der Waals surface area contributed by atoms with Crippen LogP contribution in [0.5, 0.6) is 11.5 Å². The molecule has 1 saturated heterocycles.